The molecule has 0 saturated heterocycles. The van der Waals surface area contributed by atoms with Crippen LogP contribution < -0.4 is 4.74 Å². The molecule has 0 fully saturated rings. The first-order valence-corrected chi connectivity index (χ1v) is 9.33. The maximum Gasteiger partial charge on any atom is 0.210 e. The molecule has 0 aliphatic rings. The van der Waals surface area contributed by atoms with E-state index in [1.165, 1.54) is 18.2 Å². The van der Waals surface area contributed by atoms with Gasteiger partial charge in [-0.2, -0.15) is 0 Å². The minimum atomic E-state index is -3.95. The molecule has 6 heteroatoms. The minimum Gasteiger partial charge on any atom is -0.507 e. The first-order valence-electron chi connectivity index (χ1n) is 7.85. The lowest BCUT2D eigenvalue weighted by Crippen LogP contribution is -2.02. The van der Waals surface area contributed by atoms with Gasteiger partial charge in [0.1, 0.15) is 22.1 Å². The van der Waals surface area contributed by atoms with Gasteiger partial charge in [-0.05, 0) is 42.8 Å². The molecule has 0 saturated carbocycles. The Morgan fingerprint density at radius 2 is 1.46 bits per heavy atom. The fraction of sp³-hybridized carbons (Fsp3) is 0.100. The zero-order valence-electron chi connectivity index (χ0n) is 14.3. The van der Waals surface area contributed by atoms with E-state index in [4.69, 9.17) is 4.74 Å². The lowest BCUT2D eigenvalue weighted by atomic mass is 10.0. The normalized spacial score (nSPS) is 11.3. The Morgan fingerprint density at radius 3 is 2.04 bits per heavy atom. The van der Waals surface area contributed by atoms with Gasteiger partial charge in [-0.25, -0.2) is 8.42 Å². The molecule has 5 nitrogen and oxygen atoms in total. The first kappa shape index (κ1) is 17.8. The van der Waals surface area contributed by atoms with Crippen LogP contribution in [-0.4, -0.2) is 25.7 Å². The third-order valence-corrected chi connectivity index (χ3v) is 5.90. The largest absolute Gasteiger partial charge is 0.507 e. The van der Waals surface area contributed by atoms with E-state index in [2.05, 4.69) is 0 Å². The van der Waals surface area contributed by atoms with Crippen molar-refractivity contribution in [2.24, 2.45) is 0 Å². The maximum absolute atomic E-state index is 12.8. The molecule has 0 atom stereocenters. The van der Waals surface area contributed by atoms with Crippen LogP contribution in [0.25, 0.3) is 11.1 Å². The van der Waals surface area contributed by atoms with Gasteiger partial charge >= 0.3 is 0 Å². The number of phenolic OH excluding ortho intramolecular Hbond substituents is 2. The number of benzene rings is 3. The summed E-state index contributed by atoms with van der Waals surface area (Å²) < 4.78 is 30.6. The van der Waals surface area contributed by atoms with Crippen LogP contribution in [0.15, 0.2) is 70.5 Å². The Labute approximate surface area is 152 Å². The summed E-state index contributed by atoms with van der Waals surface area (Å²) in [4.78, 5) is -0.286. The Kier molecular flexibility index (Phi) is 4.61. The van der Waals surface area contributed by atoms with E-state index in [9.17, 15) is 18.6 Å². The van der Waals surface area contributed by atoms with Crippen LogP contribution in [0.4, 0.5) is 0 Å². The van der Waals surface area contributed by atoms with Crippen LogP contribution in [0, 0.1) is 6.92 Å². The smallest absolute Gasteiger partial charge is 0.210 e. The van der Waals surface area contributed by atoms with Gasteiger partial charge in [-0.1, -0.05) is 29.8 Å². The highest BCUT2D eigenvalue weighted by Crippen LogP contribution is 2.39. The molecular formula is C20H18O5S. The molecule has 0 aliphatic carbocycles. The summed E-state index contributed by atoms with van der Waals surface area (Å²) in [5.74, 6) is -0.0103. The highest BCUT2D eigenvalue weighted by Gasteiger charge is 2.24. The molecule has 3 aromatic rings. The number of hydrogen-bond donors (Lipinski definition) is 2. The molecular weight excluding hydrogens is 352 g/mol. The fourth-order valence-electron chi connectivity index (χ4n) is 2.62. The van der Waals surface area contributed by atoms with E-state index < -0.39 is 15.6 Å². The van der Waals surface area contributed by atoms with Crippen LogP contribution in [0.1, 0.15) is 5.56 Å². The molecule has 0 unspecified atom stereocenters. The van der Waals surface area contributed by atoms with Gasteiger partial charge in [0.05, 0.1) is 12.0 Å². The second-order valence-corrected chi connectivity index (χ2v) is 7.80. The van der Waals surface area contributed by atoms with Crippen molar-refractivity contribution in [3.05, 3.63) is 66.2 Å². The lowest BCUT2D eigenvalue weighted by molar-refractivity contribution is 0.415. The second-order valence-electron chi connectivity index (χ2n) is 5.88. The van der Waals surface area contributed by atoms with Gasteiger partial charge in [0.25, 0.3) is 0 Å². The summed E-state index contributed by atoms with van der Waals surface area (Å²) in [6.45, 7) is 1.85. The first-order chi connectivity index (χ1) is 12.3. The molecule has 0 amide bonds. The lowest BCUT2D eigenvalue weighted by Gasteiger charge is -2.12. The quantitative estimate of drug-likeness (QED) is 0.680. The number of aryl methyl sites for hydroxylation is 1. The van der Waals surface area contributed by atoms with Gasteiger partial charge < -0.3 is 14.9 Å². The van der Waals surface area contributed by atoms with Gasteiger partial charge in [0.2, 0.25) is 9.84 Å². The van der Waals surface area contributed by atoms with E-state index >= 15 is 0 Å². The Hall–Kier alpha value is -2.99. The Balaban J connectivity index is 2.08. The summed E-state index contributed by atoms with van der Waals surface area (Å²) in [5, 5.41) is 20.7. The molecule has 0 radical (unpaired) electrons. The molecule has 0 aliphatic heterocycles. The number of phenols is 2. The molecule has 3 aromatic carbocycles. The molecule has 3 rings (SSSR count). The standard InChI is InChI=1S/C20H18O5S/c1-13-3-9-16(10-4-13)26(23,24)20-12-18(21)17(11-19(20)22)14-5-7-15(25-2)8-6-14/h3-12,21-22H,1-2H3. The van der Waals surface area contributed by atoms with Gasteiger partial charge in [-0.3, -0.25) is 0 Å². The Bertz CT molecular complexity index is 1040. The summed E-state index contributed by atoms with van der Waals surface area (Å²) >= 11 is 0. The van der Waals surface area contributed by atoms with Crippen LogP contribution in [-0.2, 0) is 9.84 Å². The van der Waals surface area contributed by atoms with Crippen LogP contribution in [0.2, 0.25) is 0 Å². The molecule has 26 heavy (non-hydrogen) atoms. The van der Waals surface area contributed by atoms with Crippen LogP contribution in [0.3, 0.4) is 0 Å². The highest BCUT2D eigenvalue weighted by molar-refractivity contribution is 7.91. The third-order valence-electron chi connectivity index (χ3n) is 4.10. The van der Waals surface area contributed by atoms with Crippen LogP contribution in [0.5, 0.6) is 17.2 Å². The highest BCUT2D eigenvalue weighted by atomic mass is 32.2. The van der Waals surface area contributed by atoms with Crippen LogP contribution >= 0.6 is 0 Å². The van der Waals surface area contributed by atoms with Gasteiger partial charge in [-0.15, -0.1) is 0 Å². The predicted molar refractivity (Wildman–Crippen MR) is 98.4 cm³/mol. The molecule has 134 valence electrons. The summed E-state index contributed by atoms with van der Waals surface area (Å²) in [6.07, 6.45) is 0. The maximum atomic E-state index is 12.8. The van der Waals surface area contributed by atoms with Crippen molar-refractivity contribution in [1.29, 1.82) is 0 Å². The average Bonchev–Trinajstić information content (AvgIpc) is 2.63. The second kappa shape index (κ2) is 6.72. The zero-order chi connectivity index (χ0) is 18.9. The number of rotatable bonds is 4. The third kappa shape index (κ3) is 3.23. The van der Waals surface area contributed by atoms with E-state index in [0.717, 1.165) is 11.6 Å². The van der Waals surface area contributed by atoms with Crippen molar-refractivity contribution in [3.63, 3.8) is 0 Å². The molecule has 2 N–H and O–H groups in total. The van der Waals surface area contributed by atoms with E-state index in [0.29, 0.717) is 16.9 Å². The van der Waals surface area contributed by atoms with Crippen molar-refractivity contribution in [3.8, 4) is 28.4 Å². The monoisotopic (exact) mass is 370 g/mol. The number of hydrogen-bond acceptors (Lipinski definition) is 5. The van der Waals surface area contributed by atoms with Crippen molar-refractivity contribution >= 4 is 9.84 Å². The van der Waals surface area contributed by atoms with E-state index in [1.807, 2.05) is 6.92 Å². The average molecular weight is 370 g/mol. The summed E-state index contributed by atoms with van der Waals surface area (Å²) in [5.41, 5.74) is 1.87. The molecule has 0 heterocycles. The summed E-state index contributed by atoms with van der Waals surface area (Å²) in [7, 11) is -2.40. The fourth-order valence-corrected chi connectivity index (χ4v) is 3.97. The number of sulfone groups is 1. The number of ether oxygens (including phenoxy) is 1. The predicted octanol–water partition coefficient (Wildman–Crippen LogP) is 3.91. The number of methoxy groups -OCH3 is 1. The summed E-state index contributed by atoms with van der Waals surface area (Å²) in [6, 6.07) is 15.5. The van der Waals surface area contributed by atoms with Crippen molar-refractivity contribution < 1.29 is 23.4 Å². The zero-order valence-corrected chi connectivity index (χ0v) is 15.1. The van der Waals surface area contributed by atoms with Gasteiger partial charge in [0, 0.05) is 11.6 Å². The van der Waals surface area contributed by atoms with Crippen molar-refractivity contribution in [2.45, 2.75) is 16.7 Å². The molecule has 0 spiro atoms. The van der Waals surface area contributed by atoms with E-state index in [1.54, 1.807) is 43.5 Å². The Morgan fingerprint density at radius 1 is 0.846 bits per heavy atom. The minimum absolute atomic E-state index is 0.0509. The van der Waals surface area contributed by atoms with Crippen molar-refractivity contribution in [1.82, 2.24) is 0 Å². The number of aromatic hydroxyl groups is 2. The van der Waals surface area contributed by atoms with Crippen molar-refractivity contribution in [2.75, 3.05) is 7.11 Å². The molecule has 0 aromatic heterocycles. The topological polar surface area (TPSA) is 83.8 Å². The molecule has 0 bridgehead atoms. The van der Waals surface area contributed by atoms with E-state index in [-0.39, 0.29) is 15.5 Å². The van der Waals surface area contributed by atoms with Gasteiger partial charge in [0.15, 0.2) is 0 Å². The SMILES string of the molecule is COc1ccc(-c2cc(O)c(S(=O)(=O)c3ccc(C)cc3)cc2O)cc1.